The van der Waals surface area contributed by atoms with Gasteiger partial charge in [0.15, 0.2) is 0 Å². The third-order valence-electron chi connectivity index (χ3n) is 4.14. The normalized spacial score (nSPS) is 12.7. The van der Waals surface area contributed by atoms with E-state index in [2.05, 4.69) is 60.8 Å². The number of hydrogen-bond acceptors (Lipinski definition) is 2. The lowest BCUT2D eigenvalue weighted by atomic mass is 9.97. The molecule has 3 aromatic rings. The monoisotopic (exact) mass is 279 g/mol. The number of para-hydroxylation sites is 1. The van der Waals surface area contributed by atoms with Crippen molar-refractivity contribution in [1.82, 2.24) is 15.1 Å². The van der Waals surface area contributed by atoms with Gasteiger partial charge in [0.05, 0.1) is 11.2 Å². The molecule has 1 unspecified atom stereocenters. The molecule has 0 saturated carbocycles. The quantitative estimate of drug-likeness (QED) is 0.793. The highest BCUT2D eigenvalue weighted by Gasteiger charge is 2.16. The lowest BCUT2D eigenvalue weighted by molar-refractivity contribution is 0.576. The third kappa shape index (κ3) is 2.57. The molecule has 1 heterocycles. The average Bonchev–Trinajstić information content (AvgIpc) is 2.82. The van der Waals surface area contributed by atoms with Gasteiger partial charge in [-0.25, -0.2) is 0 Å². The molecule has 0 saturated heterocycles. The molecule has 0 bridgehead atoms. The maximum absolute atomic E-state index is 4.71. The van der Waals surface area contributed by atoms with E-state index in [9.17, 15) is 0 Å². The number of nitrogens with zero attached hydrogens (tertiary/aromatic N) is 2. The molecule has 0 aliphatic rings. The number of nitrogens with one attached hydrogen (secondary N) is 1. The Kier molecular flexibility index (Phi) is 3.76. The maximum atomic E-state index is 4.71. The first kappa shape index (κ1) is 13.8. The van der Waals surface area contributed by atoms with Gasteiger partial charge in [0.2, 0.25) is 0 Å². The zero-order chi connectivity index (χ0) is 14.8. The van der Waals surface area contributed by atoms with Crippen LogP contribution in [0.2, 0.25) is 0 Å². The molecule has 108 valence electrons. The van der Waals surface area contributed by atoms with E-state index in [1.54, 1.807) is 0 Å². The Morgan fingerprint density at radius 1 is 1.10 bits per heavy atom. The van der Waals surface area contributed by atoms with Gasteiger partial charge in [0.25, 0.3) is 0 Å². The van der Waals surface area contributed by atoms with Gasteiger partial charge in [-0.3, -0.25) is 4.68 Å². The summed E-state index contributed by atoms with van der Waals surface area (Å²) in [7, 11) is 4.02. The minimum absolute atomic E-state index is 0.282. The van der Waals surface area contributed by atoms with Crippen molar-refractivity contribution in [3.8, 4) is 0 Å². The Hall–Kier alpha value is -2.13. The van der Waals surface area contributed by atoms with Crippen LogP contribution in [-0.2, 0) is 13.5 Å². The minimum atomic E-state index is 0.282. The van der Waals surface area contributed by atoms with Gasteiger partial charge >= 0.3 is 0 Å². The van der Waals surface area contributed by atoms with E-state index in [1.165, 1.54) is 22.0 Å². The van der Waals surface area contributed by atoms with Crippen molar-refractivity contribution in [2.75, 3.05) is 7.05 Å². The molecule has 3 rings (SSSR count). The Labute approximate surface area is 125 Å². The van der Waals surface area contributed by atoms with Crippen LogP contribution in [-0.4, -0.2) is 16.8 Å². The summed E-state index contributed by atoms with van der Waals surface area (Å²) in [6, 6.07) is 17.2. The van der Waals surface area contributed by atoms with E-state index in [0.717, 1.165) is 12.1 Å². The van der Waals surface area contributed by atoms with Gasteiger partial charge in [-0.2, -0.15) is 5.10 Å². The van der Waals surface area contributed by atoms with Gasteiger partial charge in [-0.1, -0.05) is 42.5 Å². The predicted molar refractivity (Wildman–Crippen MR) is 87.4 cm³/mol. The van der Waals surface area contributed by atoms with Gasteiger partial charge in [-0.05, 0) is 31.2 Å². The second kappa shape index (κ2) is 5.70. The number of aromatic nitrogens is 2. The molecule has 0 fully saturated rings. The van der Waals surface area contributed by atoms with Gasteiger partial charge < -0.3 is 5.32 Å². The number of likely N-dealkylation sites (N-methyl/N-ethyl adjacent to an activating group) is 1. The van der Waals surface area contributed by atoms with E-state index in [1.807, 2.05) is 18.8 Å². The number of aryl methyl sites for hydroxylation is 2. The molecule has 0 aliphatic heterocycles. The van der Waals surface area contributed by atoms with Crippen LogP contribution in [0.15, 0.2) is 48.5 Å². The van der Waals surface area contributed by atoms with Gasteiger partial charge in [0, 0.05) is 24.9 Å². The molecule has 0 amide bonds. The van der Waals surface area contributed by atoms with Crippen LogP contribution in [0.1, 0.15) is 22.9 Å². The van der Waals surface area contributed by atoms with Gasteiger partial charge in [0.1, 0.15) is 0 Å². The lowest BCUT2D eigenvalue weighted by Gasteiger charge is -2.18. The summed E-state index contributed by atoms with van der Waals surface area (Å²) in [4.78, 5) is 0. The molecule has 2 aromatic carbocycles. The number of rotatable bonds is 4. The molecule has 1 N–H and O–H groups in total. The fourth-order valence-corrected chi connectivity index (χ4v) is 2.98. The second-order valence-electron chi connectivity index (χ2n) is 5.49. The van der Waals surface area contributed by atoms with Crippen molar-refractivity contribution < 1.29 is 0 Å². The first-order valence-electron chi connectivity index (χ1n) is 7.34. The van der Waals surface area contributed by atoms with Crippen LogP contribution in [0.3, 0.4) is 0 Å². The molecule has 0 spiro atoms. The molecule has 21 heavy (non-hydrogen) atoms. The third-order valence-corrected chi connectivity index (χ3v) is 4.14. The lowest BCUT2D eigenvalue weighted by Crippen LogP contribution is -2.20. The number of fused-ring (bicyclic) bond motifs is 1. The van der Waals surface area contributed by atoms with E-state index in [4.69, 9.17) is 5.10 Å². The van der Waals surface area contributed by atoms with Crippen LogP contribution in [0.4, 0.5) is 0 Å². The summed E-state index contributed by atoms with van der Waals surface area (Å²) < 4.78 is 1.97. The topological polar surface area (TPSA) is 29.9 Å². The van der Waals surface area contributed by atoms with Crippen LogP contribution in [0, 0.1) is 6.92 Å². The summed E-state index contributed by atoms with van der Waals surface area (Å²) in [6.07, 6.45) is 0.892. The smallest absolute Gasteiger partial charge is 0.0722 e. The Morgan fingerprint density at radius 2 is 1.81 bits per heavy atom. The Balaban J connectivity index is 1.99. The van der Waals surface area contributed by atoms with Gasteiger partial charge in [-0.15, -0.1) is 0 Å². The summed E-state index contributed by atoms with van der Waals surface area (Å²) in [5.74, 6) is 0. The summed E-state index contributed by atoms with van der Waals surface area (Å²) in [5.41, 5.74) is 5.00. The van der Waals surface area contributed by atoms with Crippen molar-refractivity contribution in [2.24, 2.45) is 7.05 Å². The summed E-state index contributed by atoms with van der Waals surface area (Å²) in [6.45, 7) is 2.16. The average molecular weight is 279 g/mol. The van der Waals surface area contributed by atoms with E-state index >= 15 is 0 Å². The Morgan fingerprint density at radius 3 is 2.57 bits per heavy atom. The molecule has 0 radical (unpaired) electrons. The van der Waals surface area contributed by atoms with Crippen LogP contribution < -0.4 is 5.32 Å². The van der Waals surface area contributed by atoms with E-state index in [-0.39, 0.29) is 6.04 Å². The van der Waals surface area contributed by atoms with E-state index < -0.39 is 0 Å². The SMILES string of the molecule is CNC(Cc1nn(C)c2ccccc12)c1ccccc1C. The molecule has 0 aliphatic carbocycles. The fraction of sp³-hybridized carbons (Fsp3) is 0.278. The fourth-order valence-electron chi connectivity index (χ4n) is 2.98. The summed E-state index contributed by atoms with van der Waals surface area (Å²) >= 11 is 0. The summed E-state index contributed by atoms with van der Waals surface area (Å²) in [5, 5.41) is 9.39. The van der Waals surface area contributed by atoms with Crippen molar-refractivity contribution in [3.05, 3.63) is 65.4 Å². The van der Waals surface area contributed by atoms with E-state index in [0.29, 0.717) is 0 Å². The molecule has 3 nitrogen and oxygen atoms in total. The van der Waals surface area contributed by atoms with Crippen LogP contribution in [0.5, 0.6) is 0 Å². The zero-order valence-electron chi connectivity index (χ0n) is 12.8. The highest BCUT2D eigenvalue weighted by molar-refractivity contribution is 5.81. The predicted octanol–water partition coefficient (Wildman–Crippen LogP) is 3.38. The molecule has 1 aromatic heterocycles. The molecule has 3 heteroatoms. The van der Waals surface area contributed by atoms with Crippen LogP contribution in [0.25, 0.3) is 10.9 Å². The van der Waals surface area contributed by atoms with Crippen molar-refractivity contribution in [2.45, 2.75) is 19.4 Å². The standard InChI is InChI=1S/C18H21N3/c1-13-8-4-5-9-14(13)16(19-2)12-17-15-10-6-7-11-18(15)21(3)20-17/h4-11,16,19H,12H2,1-3H3. The molecular formula is C18H21N3. The van der Waals surface area contributed by atoms with Crippen molar-refractivity contribution >= 4 is 10.9 Å². The minimum Gasteiger partial charge on any atom is -0.313 e. The zero-order valence-corrected chi connectivity index (χ0v) is 12.8. The molecule has 1 atom stereocenters. The largest absolute Gasteiger partial charge is 0.313 e. The number of benzene rings is 2. The number of hydrogen-bond donors (Lipinski definition) is 1. The highest BCUT2D eigenvalue weighted by Crippen LogP contribution is 2.25. The first-order chi connectivity index (χ1) is 10.2. The Bertz CT molecular complexity index is 758. The van der Waals surface area contributed by atoms with Crippen molar-refractivity contribution in [3.63, 3.8) is 0 Å². The second-order valence-corrected chi connectivity index (χ2v) is 5.49. The van der Waals surface area contributed by atoms with Crippen molar-refractivity contribution in [1.29, 1.82) is 0 Å². The first-order valence-corrected chi connectivity index (χ1v) is 7.34. The molecular weight excluding hydrogens is 258 g/mol. The highest BCUT2D eigenvalue weighted by atomic mass is 15.3. The maximum Gasteiger partial charge on any atom is 0.0722 e. The van der Waals surface area contributed by atoms with Crippen LogP contribution >= 0.6 is 0 Å².